The van der Waals surface area contributed by atoms with Crippen LogP contribution in [0.1, 0.15) is 90.9 Å². The van der Waals surface area contributed by atoms with Crippen LogP contribution in [0.2, 0.25) is 0 Å². The first-order valence-electron chi connectivity index (χ1n) is 11.9. The highest BCUT2D eigenvalue weighted by molar-refractivity contribution is 5.91. The summed E-state index contributed by atoms with van der Waals surface area (Å²) in [5, 5.41) is 22.4. The van der Waals surface area contributed by atoms with Gasteiger partial charge in [-0.15, -0.1) is 0 Å². The van der Waals surface area contributed by atoms with E-state index in [4.69, 9.17) is 0 Å². The van der Waals surface area contributed by atoms with Crippen LogP contribution in [0.4, 0.5) is 0 Å². The van der Waals surface area contributed by atoms with Crippen molar-refractivity contribution in [2.75, 3.05) is 0 Å². The third-order valence-electron chi connectivity index (χ3n) is 10.5. The molecule has 3 nitrogen and oxygen atoms in total. The van der Waals surface area contributed by atoms with Crippen LogP contribution in [0.15, 0.2) is 11.6 Å². The number of aliphatic hydroxyl groups is 2. The number of allylic oxidation sites excluding steroid dienone is 2. The summed E-state index contributed by atoms with van der Waals surface area (Å²) >= 11 is 0. The van der Waals surface area contributed by atoms with Gasteiger partial charge in [-0.1, -0.05) is 19.4 Å². The second-order valence-corrected chi connectivity index (χ2v) is 11.4. The molecule has 156 valence electrons. The molecule has 0 amide bonds. The van der Waals surface area contributed by atoms with Gasteiger partial charge in [0.1, 0.15) is 0 Å². The van der Waals surface area contributed by atoms with Crippen LogP contribution in [-0.2, 0) is 4.79 Å². The summed E-state index contributed by atoms with van der Waals surface area (Å²) in [6.07, 6.45) is 14.1. The summed E-state index contributed by atoms with van der Waals surface area (Å²) in [7, 11) is 0. The van der Waals surface area contributed by atoms with Crippen molar-refractivity contribution >= 4 is 5.78 Å². The summed E-state index contributed by atoms with van der Waals surface area (Å²) in [4.78, 5) is 12.1. The third-order valence-corrected chi connectivity index (χ3v) is 10.5. The Balaban J connectivity index is 1.46. The topological polar surface area (TPSA) is 57.5 Å². The number of hydrogen-bond acceptors (Lipinski definition) is 3. The minimum atomic E-state index is -0.577. The van der Waals surface area contributed by atoms with Gasteiger partial charge in [-0.3, -0.25) is 4.79 Å². The first kappa shape index (κ1) is 19.3. The molecule has 4 fully saturated rings. The van der Waals surface area contributed by atoms with Gasteiger partial charge in [0.25, 0.3) is 0 Å². The fourth-order valence-electron chi connectivity index (χ4n) is 8.89. The van der Waals surface area contributed by atoms with Crippen molar-refractivity contribution in [2.24, 2.45) is 34.5 Å². The van der Waals surface area contributed by atoms with E-state index >= 15 is 0 Å². The SMILES string of the molecule is C[C@]12CC[C@H](O)C[C@H]1CCC1C2CC[C@]2(C)[C@@H](C3=CC(=O)CCC3)CC[C@]12O. The summed E-state index contributed by atoms with van der Waals surface area (Å²) in [6.45, 7) is 4.82. The molecule has 0 aromatic heterocycles. The van der Waals surface area contributed by atoms with E-state index in [0.29, 0.717) is 35.9 Å². The van der Waals surface area contributed by atoms with Crippen LogP contribution in [0, 0.1) is 34.5 Å². The van der Waals surface area contributed by atoms with Crippen molar-refractivity contribution in [3.63, 3.8) is 0 Å². The Kier molecular flexibility index (Phi) is 4.42. The Bertz CT molecular complexity index is 698. The van der Waals surface area contributed by atoms with Gasteiger partial charge < -0.3 is 10.2 Å². The summed E-state index contributed by atoms with van der Waals surface area (Å²) < 4.78 is 0. The quantitative estimate of drug-likeness (QED) is 0.680. The van der Waals surface area contributed by atoms with Gasteiger partial charge in [0.05, 0.1) is 11.7 Å². The molecule has 5 aliphatic rings. The van der Waals surface area contributed by atoms with E-state index in [-0.39, 0.29) is 16.9 Å². The molecule has 0 saturated heterocycles. The van der Waals surface area contributed by atoms with Gasteiger partial charge in [0.15, 0.2) is 5.78 Å². The van der Waals surface area contributed by atoms with Crippen LogP contribution in [0.5, 0.6) is 0 Å². The van der Waals surface area contributed by atoms with Crippen LogP contribution < -0.4 is 0 Å². The van der Waals surface area contributed by atoms with Crippen molar-refractivity contribution in [2.45, 2.75) is 103 Å². The Morgan fingerprint density at radius 2 is 1.79 bits per heavy atom. The highest BCUT2D eigenvalue weighted by Gasteiger charge is 2.67. The normalized spacial score (nSPS) is 53.8. The second-order valence-electron chi connectivity index (χ2n) is 11.4. The van der Waals surface area contributed by atoms with Crippen molar-refractivity contribution in [1.29, 1.82) is 0 Å². The number of fused-ring (bicyclic) bond motifs is 5. The maximum Gasteiger partial charge on any atom is 0.155 e. The minimum Gasteiger partial charge on any atom is -0.393 e. The lowest BCUT2D eigenvalue weighted by atomic mass is 9.43. The van der Waals surface area contributed by atoms with E-state index < -0.39 is 5.60 Å². The summed E-state index contributed by atoms with van der Waals surface area (Å²) in [6, 6.07) is 0. The zero-order chi connectivity index (χ0) is 19.7. The van der Waals surface area contributed by atoms with E-state index in [1.807, 2.05) is 6.08 Å². The summed E-state index contributed by atoms with van der Waals surface area (Å²) in [5.74, 6) is 2.30. The minimum absolute atomic E-state index is 0.0744. The first-order valence-corrected chi connectivity index (χ1v) is 11.9. The fraction of sp³-hybridized carbons (Fsp3) is 0.880. The molecule has 2 unspecified atom stereocenters. The Morgan fingerprint density at radius 1 is 0.964 bits per heavy atom. The number of rotatable bonds is 1. The predicted octanol–water partition coefficient (Wildman–Crippen LogP) is 4.80. The molecule has 0 aliphatic heterocycles. The molecule has 5 rings (SSSR count). The van der Waals surface area contributed by atoms with Crippen LogP contribution in [0.25, 0.3) is 0 Å². The molecule has 0 bridgehead atoms. The number of carbonyl (C=O) groups is 1. The lowest BCUT2D eigenvalue weighted by Crippen LogP contribution is -2.62. The molecule has 4 saturated carbocycles. The monoisotopic (exact) mass is 386 g/mol. The van der Waals surface area contributed by atoms with Crippen LogP contribution in [-0.4, -0.2) is 27.7 Å². The van der Waals surface area contributed by atoms with E-state index in [1.165, 1.54) is 18.4 Å². The largest absolute Gasteiger partial charge is 0.393 e. The smallest absolute Gasteiger partial charge is 0.155 e. The van der Waals surface area contributed by atoms with E-state index in [2.05, 4.69) is 13.8 Å². The molecule has 0 spiro atoms. The van der Waals surface area contributed by atoms with Crippen molar-refractivity contribution < 1.29 is 15.0 Å². The van der Waals surface area contributed by atoms with Gasteiger partial charge in [-0.25, -0.2) is 0 Å². The van der Waals surface area contributed by atoms with Gasteiger partial charge in [-0.05, 0) is 106 Å². The van der Waals surface area contributed by atoms with Crippen LogP contribution >= 0.6 is 0 Å². The molecular weight excluding hydrogens is 348 g/mol. The molecular formula is C25H38O3. The first-order chi connectivity index (χ1) is 13.3. The van der Waals surface area contributed by atoms with Gasteiger partial charge in [0, 0.05) is 11.8 Å². The van der Waals surface area contributed by atoms with Gasteiger partial charge in [-0.2, -0.15) is 0 Å². The van der Waals surface area contributed by atoms with E-state index in [0.717, 1.165) is 57.8 Å². The van der Waals surface area contributed by atoms with Crippen LogP contribution in [0.3, 0.4) is 0 Å². The van der Waals surface area contributed by atoms with E-state index in [9.17, 15) is 15.0 Å². The van der Waals surface area contributed by atoms with Crippen molar-refractivity contribution in [3.8, 4) is 0 Å². The average Bonchev–Trinajstić information content (AvgIpc) is 2.94. The predicted molar refractivity (Wildman–Crippen MR) is 110 cm³/mol. The standard InChI is InChI=1S/C25H38O3/c1-23-11-8-19(27)15-17(23)6-7-22-21(23)9-12-24(2)20(10-13-25(22,24)28)16-4-3-5-18(26)14-16/h14,17,19-22,27-28H,3-13,15H2,1-2H3/t17-,19+,20-,21?,22?,23+,24-,25+/m1/s1. The molecule has 28 heavy (non-hydrogen) atoms. The molecule has 3 heteroatoms. The van der Waals surface area contributed by atoms with Crippen molar-refractivity contribution in [3.05, 3.63) is 11.6 Å². The Labute approximate surface area is 170 Å². The maximum absolute atomic E-state index is 12.2. The van der Waals surface area contributed by atoms with Gasteiger partial charge >= 0.3 is 0 Å². The molecule has 0 aromatic carbocycles. The molecule has 5 aliphatic carbocycles. The molecule has 0 aromatic rings. The molecule has 2 N–H and O–H groups in total. The number of aliphatic hydroxyl groups excluding tert-OH is 1. The highest BCUT2D eigenvalue weighted by atomic mass is 16.3. The van der Waals surface area contributed by atoms with Gasteiger partial charge in [0.2, 0.25) is 0 Å². The number of ketones is 1. The highest BCUT2D eigenvalue weighted by Crippen LogP contribution is 2.70. The average molecular weight is 387 g/mol. The van der Waals surface area contributed by atoms with E-state index in [1.54, 1.807) is 0 Å². The molecule has 8 atom stereocenters. The lowest BCUT2D eigenvalue weighted by Gasteiger charge is -2.63. The number of carbonyl (C=O) groups excluding carboxylic acids is 1. The zero-order valence-electron chi connectivity index (χ0n) is 17.8. The zero-order valence-corrected chi connectivity index (χ0v) is 17.8. The summed E-state index contributed by atoms with van der Waals surface area (Å²) in [5.41, 5.74) is 0.979. The molecule has 0 heterocycles. The third kappa shape index (κ3) is 2.51. The lowest BCUT2D eigenvalue weighted by molar-refractivity contribution is -0.208. The maximum atomic E-state index is 12.2. The molecule has 0 radical (unpaired) electrons. The number of hydrogen-bond donors (Lipinski definition) is 2. The fourth-order valence-corrected chi connectivity index (χ4v) is 8.89. The Hall–Kier alpha value is -0.670. The van der Waals surface area contributed by atoms with Crippen molar-refractivity contribution in [1.82, 2.24) is 0 Å². The Morgan fingerprint density at radius 3 is 2.57 bits per heavy atom. The second kappa shape index (κ2) is 6.41.